The van der Waals surface area contributed by atoms with Crippen LogP contribution in [0, 0.1) is 5.82 Å². The summed E-state index contributed by atoms with van der Waals surface area (Å²) in [5, 5.41) is 3.38. The normalized spacial score (nSPS) is 16.0. The Hall–Kier alpha value is -1.13. The number of hydrogen-bond donors (Lipinski definition) is 1. The third-order valence-corrected chi connectivity index (χ3v) is 4.54. The number of halogens is 1. The summed E-state index contributed by atoms with van der Waals surface area (Å²) in [6.07, 6.45) is 7.18. The van der Waals surface area contributed by atoms with Gasteiger partial charge in [0.1, 0.15) is 5.82 Å². The number of nitrogens with one attached hydrogen (secondary N) is 1. The molecule has 124 valence electrons. The van der Waals surface area contributed by atoms with E-state index in [1.165, 1.54) is 32.1 Å². The smallest absolute Gasteiger partial charge is 0.146 e. The van der Waals surface area contributed by atoms with Gasteiger partial charge in [-0.15, -0.1) is 0 Å². The van der Waals surface area contributed by atoms with Gasteiger partial charge in [-0.3, -0.25) is 0 Å². The predicted molar refractivity (Wildman–Crippen MR) is 89.9 cm³/mol. The molecule has 0 aromatic heterocycles. The number of nitrogens with zero attached hydrogens (tertiary/aromatic N) is 1. The van der Waals surface area contributed by atoms with Gasteiger partial charge in [-0.1, -0.05) is 25.3 Å². The molecule has 0 atom stereocenters. The lowest BCUT2D eigenvalue weighted by molar-refractivity contribution is 0.194. The topological polar surface area (TPSA) is 24.5 Å². The quantitative estimate of drug-likeness (QED) is 0.741. The molecule has 1 saturated carbocycles. The molecule has 0 unspecified atom stereocenters. The van der Waals surface area contributed by atoms with E-state index in [0.717, 1.165) is 37.4 Å². The lowest BCUT2D eigenvalue weighted by Crippen LogP contribution is -2.34. The number of anilines is 1. The fraction of sp³-hybridized carbons (Fsp3) is 0.667. The van der Waals surface area contributed by atoms with Crippen LogP contribution in [0.2, 0.25) is 0 Å². The molecular weight excluding hydrogens is 279 g/mol. The fourth-order valence-corrected chi connectivity index (χ4v) is 3.18. The van der Waals surface area contributed by atoms with Crippen molar-refractivity contribution in [1.82, 2.24) is 5.32 Å². The molecule has 0 saturated heterocycles. The van der Waals surface area contributed by atoms with E-state index in [1.54, 1.807) is 13.2 Å². The van der Waals surface area contributed by atoms with Gasteiger partial charge in [-0.05, 0) is 43.5 Å². The SMILES string of the molecule is COCCCNCc1ccc(F)c(N(C)C2CCCCC2)c1. The van der Waals surface area contributed by atoms with E-state index in [1.807, 2.05) is 19.2 Å². The second-order valence-corrected chi connectivity index (χ2v) is 6.21. The van der Waals surface area contributed by atoms with Crippen LogP contribution in [0.15, 0.2) is 18.2 Å². The zero-order chi connectivity index (χ0) is 15.8. The van der Waals surface area contributed by atoms with Gasteiger partial charge in [0, 0.05) is 33.4 Å². The standard InChI is InChI=1S/C18H29FN2O/c1-21(16-7-4-3-5-8-16)18-13-15(9-10-17(18)19)14-20-11-6-12-22-2/h9-10,13,16,20H,3-8,11-12,14H2,1-2H3. The molecule has 3 nitrogen and oxygen atoms in total. The molecule has 4 heteroatoms. The lowest BCUT2D eigenvalue weighted by atomic mass is 9.94. The van der Waals surface area contributed by atoms with E-state index in [2.05, 4.69) is 10.2 Å². The first kappa shape index (κ1) is 17.2. The van der Waals surface area contributed by atoms with E-state index < -0.39 is 0 Å². The van der Waals surface area contributed by atoms with Gasteiger partial charge in [-0.2, -0.15) is 0 Å². The Labute approximate surface area is 133 Å². The van der Waals surface area contributed by atoms with Crippen molar-refractivity contribution in [1.29, 1.82) is 0 Å². The fourth-order valence-electron chi connectivity index (χ4n) is 3.18. The molecule has 1 fully saturated rings. The minimum atomic E-state index is -0.115. The second-order valence-electron chi connectivity index (χ2n) is 6.21. The third-order valence-electron chi connectivity index (χ3n) is 4.54. The molecular formula is C18H29FN2O. The van der Waals surface area contributed by atoms with Gasteiger partial charge in [0.15, 0.2) is 0 Å². The van der Waals surface area contributed by atoms with Gasteiger partial charge in [0.25, 0.3) is 0 Å². The molecule has 2 rings (SSSR count). The molecule has 0 amide bonds. The highest BCUT2D eigenvalue weighted by Gasteiger charge is 2.20. The zero-order valence-electron chi connectivity index (χ0n) is 13.9. The molecule has 0 radical (unpaired) electrons. The molecule has 0 aliphatic heterocycles. The summed E-state index contributed by atoms with van der Waals surface area (Å²) in [4.78, 5) is 2.14. The van der Waals surface area contributed by atoms with Crippen LogP contribution in [-0.4, -0.2) is 33.4 Å². The van der Waals surface area contributed by atoms with Gasteiger partial charge >= 0.3 is 0 Å². The van der Waals surface area contributed by atoms with Crippen LogP contribution in [0.5, 0.6) is 0 Å². The van der Waals surface area contributed by atoms with E-state index >= 15 is 0 Å². The average molecular weight is 308 g/mol. The molecule has 0 heterocycles. The molecule has 1 aliphatic carbocycles. The number of ether oxygens (including phenoxy) is 1. The maximum absolute atomic E-state index is 14.2. The van der Waals surface area contributed by atoms with Crippen LogP contribution in [0.4, 0.5) is 10.1 Å². The first-order valence-electron chi connectivity index (χ1n) is 8.43. The van der Waals surface area contributed by atoms with Gasteiger partial charge in [0.2, 0.25) is 0 Å². The van der Waals surface area contributed by atoms with Crippen LogP contribution >= 0.6 is 0 Å². The Morgan fingerprint density at radius 2 is 2.05 bits per heavy atom. The predicted octanol–water partition coefficient (Wildman–Crippen LogP) is 3.72. The Morgan fingerprint density at radius 1 is 1.27 bits per heavy atom. The van der Waals surface area contributed by atoms with Crippen LogP contribution in [0.25, 0.3) is 0 Å². The minimum absolute atomic E-state index is 0.115. The van der Waals surface area contributed by atoms with Gasteiger partial charge in [-0.25, -0.2) is 4.39 Å². The van der Waals surface area contributed by atoms with E-state index in [9.17, 15) is 4.39 Å². The summed E-state index contributed by atoms with van der Waals surface area (Å²) in [7, 11) is 3.75. The zero-order valence-corrected chi connectivity index (χ0v) is 13.9. The highest BCUT2D eigenvalue weighted by Crippen LogP contribution is 2.28. The molecule has 0 bridgehead atoms. The summed E-state index contributed by atoms with van der Waals surface area (Å²) in [6.45, 7) is 2.46. The van der Waals surface area contributed by atoms with Gasteiger partial charge in [0.05, 0.1) is 5.69 Å². The number of benzene rings is 1. The molecule has 0 spiro atoms. The van der Waals surface area contributed by atoms with E-state index in [0.29, 0.717) is 6.04 Å². The lowest BCUT2D eigenvalue weighted by Gasteiger charge is -2.33. The number of methoxy groups -OCH3 is 1. The average Bonchev–Trinajstić information content (AvgIpc) is 2.56. The first-order chi connectivity index (χ1) is 10.7. The highest BCUT2D eigenvalue weighted by molar-refractivity contribution is 5.50. The Bertz CT molecular complexity index is 447. The monoisotopic (exact) mass is 308 g/mol. The van der Waals surface area contributed by atoms with Crippen LogP contribution < -0.4 is 10.2 Å². The largest absolute Gasteiger partial charge is 0.385 e. The van der Waals surface area contributed by atoms with Gasteiger partial charge < -0.3 is 15.0 Å². The summed E-state index contributed by atoms with van der Waals surface area (Å²) in [5.41, 5.74) is 1.87. The first-order valence-corrected chi connectivity index (χ1v) is 8.43. The summed E-state index contributed by atoms with van der Waals surface area (Å²) >= 11 is 0. The van der Waals surface area contributed by atoms with Crippen molar-refractivity contribution >= 4 is 5.69 Å². The number of hydrogen-bond acceptors (Lipinski definition) is 3. The molecule has 1 aliphatic rings. The minimum Gasteiger partial charge on any atom is -0.385 e. The number of rotatable bonds is 8. The Balaban J connectivity index is 1.93. The summed E-state index contributed by atoms with van der Waals surface area (Å²) < 4.78 is 19.2. The van der Waals surface area contributed by atoms with Crippen LogP contribution in [0.1, 0.15) is 44.1 Å². The second kappa shape index (κ2) is 9.11. The Morgan fingerprint density at radius 3 is 2.77 bits per heavy atom. The van der Waals surface area contributed by atoms with Crippen molar-refractivity contribution in [3.63, 3.8) is 0 Å². The van der Waals surface area contributed by atoms with Crippen molar-refractivity contribution in [2.24, 2.45) is 0 Å². The van der Waals surface area contributed by atoms with E-state index in [4.69, 9.17) is 4.74 Å². The van der Waals surface area contributed by atoms with Crippen LogP contribution in [-0.2, 0) is 11.3 Å². The van der Waals surface area contributed by atoms with Crippen molar-refractivity contribution in [3.8, 4) is 0 Å². The van der Waals surface area contributed by atoms with Crippen molar-refractivity contribution in [2.45, 2.75) is 51.1 Å². The summed E-state index contributed by atoms with van der Waals surface area (Å²) in [5.74, 6) is -0.115. The summed E-state index contributed by atoms with van der Waals surface area (Å²) in [6, 6.07) is 5.94. The maximum Gasteiger partial charge on any atom is 0.146 e. The molecule has 22 heavy (non-hydrogen) atoms. The maximum atomic E-state index is 14.2. The third kappa shape index (κ3) is 4.96. The van der Waals surface area contributed by atoms with E-state index in [-0.39, 0.29) is 5.82 Å². The Kier molecular flexibility index (Phi) is 7.13. The van der Waals surface area contributed by atoms with Crippen molar-refractivity contribution in [3.05, 3.63) is 29.6 Å². The van der Waals surface area contributed by atoms with Crippen molar-refractivity contribution < 1.29 is 9.13 Å². The molecule has 1 aromatic rings. The molecule has 1 N–H and O–H groups in total. The highest BCUT2D eigenvalue weighted by atomic mass is 19.1. The molecule has 1 aromatic carbocycles. The van der Waals surface area contributed by atoms with Crippen LogP contribution in [0.3, 0.4) is 0 Å². The van der Waals surface area contributed by atoms with Crippen molar-refractivity contribution in [2.75, 3.05) is 32.2 Å².